The fourth-order valence-electron chi connectivity index (χ4n) is 2.46. The van der Waals surface area contributed by atoms with Gasteiger partial charge in [0.05, 0.1) is 6.61 Å². The van der Waals surface area contributed by atoms with Crippen LogP contribution in [0.25, 0.3) is 21.5 Å². The molecule has 0 bridgehead atoms. The summed E-state index contributed by atoms with van der Waals surface area (Å²) in [6, 6.07) is 18.5. The van der Waals surface area contributed by atoms with E-state index in [0.29, 0.717) is 6.61 Å². The lowest BCUT2D eigenvalue weighted by Crippen LogP contribution is -2.13. The van der Waals surface area contributed by atoms with Gasteiger partial charge in [-0.2, -0.15) is 0 Å². The van der Waals surface area contributed by atoms with E-state index in [-0.39, 0.29) is 5.70 Å². The first kappa shape index (κ1) is 14.1. The lowest BCUT2D eigenvalue weighted by molar-refractivity contribution is -0.138. The fourth-order valence-corrected chi connectivity index (χ4v) is 2.46. The van der Waals surface area contributed by atoms with Gasteiger partial charge in [-0.05, 0) is 52.7 Å². The Morgan fingerprint density at radius 2 is 1.64 bits per heavy atom. The number of carbonyl (C=O) groups excluding carboxylic acids is 1. The van der Waals surface area contributed by atoms with Crippen molar-refractivity contribution in [3.05, 3.63) is 66.9 Å². The topological polar surface area (TPSA) is 38.3 Å². The fraction of sp³-hybridized carbons (Fsp3) is 0.105. The molecule has 3 nitrogen and oxygen atoms in total. The summed E-state index contributed by atoms with van der Waals surface area (Å²) in [5.74, 6) is -0.430. The molecule has 22 heavy (non-hydrogen) atoms. The van der Waals surface area contributed by atoms with Crippen LogP contribution in [0.5, 0.6) is 0 Å². The second kappa shape index (κ2) is 5.90. The highest BCUT2D eigenvalue weighted by Gasteiger charge is 2.08. The average Bonchev–Trinajstić information content (AvgIpc) is 2.53. The van der Waals surface area contributed by atoms with E-state index in [4.69, 9.17) is 4.74 Å². The van der Waals surface area contributed by atoms with E-state index in [2.05, 4.69) is 36.2 Å². The Hall–Kier alpha value is -2.81. The Morgan fingerprint density at radius 1 is 1.00 bits per heavy atom. The monoisotopic (exact) mass is 291 g/mol. The highest BCUT2D eigenvalue weighted by Crippen LogP contribution is 2.25. The molecule has 0 saturated heterocycles. The number of esters is 1. The van der Waals surface area contributed by atoms with Crippen molar-refractivity contribution in [3.8, 4) is 0 Å². The van der Waals surface area contributed by atoms with Gasteiger partial charge in [-0.25, -0.2) is 4.79 Å². The van der Waals surface area contributed by atoms with Gasteiger partial charge in [0.2, 0.25) is 0 Å². The summed E-state index contributed by atoms with van der Waals surface area (Å²) in [6.07, 6.45) is 0. The predicted octanol–water partition coefficient (Wildman–Crippen LogP) is 4.48. The predicted molar refractivity (Wildman–Crippen MR) is 90.8 cm³/mol. The zero-order valence-electron chi connectivity index (χ0n) is 12.4. The Bertz CT molecular complexity index is 868. The molecule has 0 aliphatic carbocycles. The summed E-state index contributed by atoms with van der Waals surface area (Å²) in [6.45, 7) is 5.82. The lowest BCUT2D eigenvalue weighted by Gasteiger charge is -2.10. The minimum absolute atomic E-state index is 0.238. The summed E-state index contributed by atoms with van der Waals surface area (Å²) < 4.78 is 4.92. The molecule has 3 rings (SSSR count). The second-order valence-corrected chi connectivity index (χ2v) is 5.09. The molecule has 0 aliphatic heterocycles. The summed E-state index contributed by atoms with van der Waals surface area (Å²) in [5, 5.41) is 7.67. The average molecular weight is 291 g/mol. The first-order valence-electron chi connectivity index (χ1n) is 7.23. The number of ether oxygens (including phenoxy) is 1. The molecule has 0 saturated carbocycles. The first-order chi connectivity index (χ1) is 10.7. The molecule has 0 heterocycles. The first-order valence-corrected chi connectivity index (χ1v) is 7.23. The SMILES string of the molecule is C=C(Nc1ccc2cc3ccccc3cc2c1)C(=O)OCC. The standard InChI is InChI=1S/C19H17NO2/c1-3-22-19(21)13(2)20-18-9-8-16-10-14-6-4-5-7-15(14)11-17(16)12-18/h4-12,20H,2-3H2,1H3. The number of hydrogen-bond donors (Lipinski definition) is 1. The molecule has 1 N–H and O–H groups in total. The van der Waals surface area contributed by atoms with E-state index in [0.717, 1.165) is 16.5 Å². The number of benzene rings is 3. The zero-order chi connectivity index (χ0) is 15.5. The van der Waals surface area contributed by atoms with Crippen LogP contribution in [0.15, 0.2) is 66.9 Å². The van der Waals surface area contributed by atoms with Crippen LogP contribution in [0, 0.1) is 0 Å². The van der Waals surface area contributed by atoms with Crippen molar-refractivity contribution < 1.29 is 9.53 Å². The molecule has 0 aliphatic rings. The van der Waals surface area contributed by atoms with E-state index in [1.165, 1.54) is 10.8 Å². The largest absolute Gasteiger partial charge is 0.461 e. The van der Waals surface area contributed by atoms with Crippen molar-refractivity contribution in [3.63, 3.8) is 0 Å². The molecule has 0 amide bonds. The van der Waals surface area contributed by atoms with Crippen LogP contribution >= 0.6 is 0 Å². The Labute approximate surface area is 129 Å². The van der Waals surface area contributed by atoms with Crippen LogP contribution in [0.1, 0.15) is 6.92 Å². The Kier molecular flexibility index (Phi) is 3.79. The molecule has 0 fully saturated rings. The molecule has 0 unspecified atom stereocenters. The highest BCUT2D eigenvalue weighted by molar-refractivity contribution is 6.00. The summed E-state index contributed by atoms with van der Waals surface area (Å²) >= 11 is 0. The van der Waals surface area contributed by atoms with Gasteiger partial charge < -0.3 is 10.1 Å². The van der Waals surface area contributed by atoms with Gasteiger partial charge in [-0.15, -0.1) is 0 Å². The third-order valence-electron chi connectivity index (χ3n) is 3.52. The third-order valence-corrected chi connectivity index (χ3v) is 3.52. The number of hydrogen-bond acceptors (Lipinski definition) is 3. The van der Waals surface area contributed by atoms with Crippen molar-refractivity contribution in [2.75, 3.05) is 11.9 Å². The molecule has 3 aromatic rings. The molecule has 0 radical (unpaired) electrons. The van der Waals surface area contributed by atoms with Crippen molar-refractivity contribution in [1.29, 1.82) is 0 Å². The Balaban J connectivity index is 1.93. The number of carbonyl (C=O) groups is 1. The minimum Gasteiger partial charge on any atom is -0.461 e. The second-order valence-electron chi connectivity index (χ2n) is 5.09. The van der Waals surface area contributed by atoms with Crippen LogP contribution < -0.4 is 5.32 Å². The minimum atomic E-state index is -0.430. The molecule has 110 valence electrons. The molecular weight excluding hydrogens is 274 g/mol. The van der Waals surface area contributed by atoms with Crippen molar-refractivity contribution in [1.82, 2.24) is 0 Å². The highest BCUT2D eigenvalue weighted by atomic mass is 16.5. The van der Waals surface area contributed by atoms with Crippen LogP contribution in [0.2, 0.25) is 0 Å². The van der Waals surface area contributed by atoms with E-state index in [1.807, 2.05) is 30.3 Å². The maximum Gasteiger partial charge on any atom is 0.354 e. The molecular formula is C19H17NO2. The summed E-state index contributed by atoms with van der Waals surface area (Å²) in [7, 11) is 0. The van der Waals surface area contributed by atoms with E-state index < -0.39 is 5.97 Å². The quantitative estimate of drug-likeness (QED) is 0.437. The van der Waals surface area contributed by atoms with E-state index in [9.17, 15) is 4.79 Å². The van der Waals surface area contributed by atoms with Gasteiger partial charge in [-0.3, -0.25) is 0 Å². The molecule has 3 aromatic carbocycles. The molecule has 0 aromatic heterocycles. The van der Waals surface area contributed by atoms with Gasteiger partial charge >= 0.3 is 5.97 Å². The van der Waals surface area contributed by atoms with Gasteiger partial charge in [0.25, 0.3) is 0 Å². The van der Waals surface area contributed by atoms with Crippen molar-refractivity contribution in [2.45, 2.75) is 6.92 Å². The van der Waals surface area contributed by atoms with E-state index in [1.54, 1.807) is 6.92 Å². The number of rotatable bonds is 4. The van der Waals surface area contributed by atoms with Gasteiger partial charge in [0.15, 0.2) is 0 Å². The number of anilines is 1. The van der Waals surface area contributed by atoms with Gasteiger partial charge in [-0.1, -0.05) is 36.9 Å². The van der Waals surface area contributed by atoms with Crippen LogP contribution in [-0.4, -0.2) is 12.6 Å². The molecule has 0 spiro atoms. The zero-order valence-corrected chi connectivity index (χ0v) is 12.4. The number of fused-ring (bicyclic) bond motifs is 2. The van der Waals surface area contributed by atoms with Crippen molar-refractivity contribution >= 4 is 33.2 Å². The van der Waals surface area contributed by atoms with Crippen LogP contribution in [0.3, 0.4) is 0 Å². The molecule has 0 atom stereocenters. The number of nitrogens with one attached hydrogen (secondary N) is 1. The smallest absolute Gasteiger partial charge is 0.354 e. The lowest BCUT2D eigenvalue weighted by atomic mass is 10.0. The van der Waals surface area contributed by atoms with E-state index >= 15 is 0 Å². The summed E-state index contributed by atoms with van der Waals surface area (Å²) in [4.78, 5) is 11.6. The normalized spacial score (nSPS) is 10.6. The Morgan fingerprint density at radius 3 is 2.32 bits per heavy atom. The molecule has 3 heteroatoms. The maximum atomic E-state index is 11.6. The van der Waals surface area contributed by atoms with Gasteiger partial charge in [0, 0.05) is 5.69 Å². The van der Waals surface area contributed by atoms with Crippen LogP contribution in [0.4, 0.5) is 5.69 Å². The van der Waals surface area contributed by atoms with Crippen molar-refractivity contribution in [2.24, 2.45) is 0 Å². The maximum absolute atomic E-state index is 11.6. The third kappa shape index (κ3) is 2.79. The summed E-state index contributed by atoms with van der Waals surface area (Å²) in [5.41, 5.74) is 1.06. The van der Waals surface area contributed by atoms with Crippen LogP contribution in [-0.2, 0) is 9.53 Å². The van der Waals surface area contributed by atoms with Gasteiger partial charge in [0.1, 0.15) is 5.70 Å².